The number of amides is 1. The van der Waals surface area contributed by atoms with E-state index in [9.17, 15) is 4.79 Å². The molecular weight excluding hydrogens is 250 g/mol. The minimum absolute atomic E-state index is 0.294. The SMILES string of the molecule is CCCN1CCCC(C(C)NC2CCC(=O)N(C)C2)C1. The maximum absolute atomic E-state index is 11.5. The van der Waals surface area contributed by atoms with E-state index in [2.05, 4.69) is 24.1 Å². The monoisotopic (exact) mass is 281 g/mol. The molecule has 2 heterocycles. The normalized spacial score (nSPS) is 30.6. The van der Waals surface area contributed by atoms with Crippen molar-refractivity contribution < 1.29 is 4.79 Å². The molecule has 0 bridgehead atoms. The molecule has 1 N–H and O–H groups in total. The van der Waals surface area contributed by atoms with Gasteiger partial charge in [0.2, 0.25) is 5.91 Å². The Hall–Kier alpha value is -0.610. The molecule has 4 heteroatoms. The molecule has 0 aromatic rings. The van der Waals surface area contributed by atoms with Crippen LogP contribution in [0.1, 0.15) is 46.0 Å². The molecule has 20 heavy (non-hydrogen) atoms. The van der Waals surface area contributed by atoms with Gasteiger partial charge in [0, 0.05) is 38.6 Å². The minimum Gasteiger partial charge on any atom is -0.344 e. The van der Waals surface area contributed by atoms with Gasteiger partial charge in [-0.1, -0.05) is 6.92 Å². The van der Waals surface area contributed by atoms with Gasteiger partial charge in [-0.15, -0.1) is 0 Å². The van der Waals surface area contributed by atoms with Crippen molar-refractivity contribution in [3.8, 4) is 0 Å². The van der Waals surface area contributed by atoms with E-state index in [4.69, 9.17) is 0 Å². The van der Waals surface area contributed by atoms with E-state index in [1.807, 2.05) is 11.9 Å². The third-order valence-electron chi connectivity index (χ3n) is 4.91. The maximum atomic E-state index is 11.5. The number of hydrogen-bond acceptors (Lipinski definition) is 3. The number of piperidine rings is 2. The van der Waals surface area contributed by atoms with Crippen LogP contribution in [0.2, 0.25) is 0 Å². The molecular formula is C16H31N3O. The van der Waals surface area contributed by atoms with E-state index in [0.717, 1.165) is 18.9 Å². The number of nitrogens with one attached hydrogen (secondary N) is 1. The second-order valence-electron chi connectivity index (χ2n) is 6.67. The molecule has 0 aromatic carbocycles. The summed E-state index contributed by atoms with van der Waals surface area (Å²) in [6, 6.07) is 1.04. The fourth-order valence-corrected chi connectivity index (χ4v) is 3.67. The number of hydrogen-bond donors (Lipinski definition) is 1. The fourth-order valence-electron chi connectivity index (χ4n) is 3.67. The third-order valence-corrected chi connectivity index (χ3v) is 4.91. The van der Waals surface area contributed by atoms with Crippen LogP contribution in [0.3, 0.4) is 0 Å². The highest BCUT2D eigenvalue weighted by molar-refractivity contribution is 5.76. The average Bonchev–Trinajstić information content (AvgIpc) is 2.43. The number of likely N-dealkylation sites (N-methyl/N-ethyl adjacent to an activating group) is 1. The first kappa shape index (κ1) is 15.8. The highest BCUT2D eigenvalue weighted by Crippen LogP contribution is 2.21. The summed E-state index contributed by atoms with van der Waals surface area (Å²) < 4.78 is 0. The lowest BCUT2D eigenvalue weighted by Crippen LogP contribution is -2.53. The van der Waals surface area contributed by atoms with Crippen LogP contribution >= 0.6 is 0 Å². The van der Waals surface area contributed by atoms with Crippen molar-refractivity contribution in [1.82, 2.24) is 15.1 Å². The van der Waals surface area contributed by atoms with Crippen molar-refractivity contribution in [2.45, 2.75) is 58.0 Å². The van der Waals surface area contributed by atoms with Crippen molar-refractivity contribution in [3.05, 3.63) is 0 Å². The van der Waals surface area contributed by atoms with Crippen molar-refractivity contribution in [1.29, 1.82) is 0 Å². The smallest absolute Gasteiger partial charge is 0.222 e. The molecule has 0 spiro atoms. The van der Waals surface area contributed by atoms with Crippen LogP contribution in [0.25, 0.3) is 0 Å². The molecule has 0 radical (unpaired) electrons. The molecule has 2 fully saturated rings. The van der Waals surface area contributed by atoms with Gasteiger partial charge in [0.1, 0.15) is 0 Å². The second kappa shape index (κ2) is 7.41. The van der Waals surface area contributed by atoms with Gasteiger partial charge >= 0.3 is 0 Å². The molecule has 0 saturated carbocycles. The lowest BCUT2D eigenvalue weighted by molar-refractivity contribution is -0.132. The van der Waals surface area contributed by atoms with E-state index in [0.29, 0.717) is 24.4 Å². The standard InChI is InChI=1S/C16H31N3O/c1-4-9-19-10-5-6-14(11-19)13(2)17-15-7-8-16(20)18(3)12-15/h13-15,17H,4-12H2,1-3H3. The van der Waals surface area contributed by atoms with Gasteiger partial charge in [-0.05, 0) is 51.6 Å². The van der Waals surface area contributed by atoms with E-state index in [1.54, 1.807) is 0 Å². The molecule has 116 valence electrons. The molecule has 3 unspecified atom stereocenters. The van der Waals surface area contributed by atoms with Crippen molar-refractivity contribution in [2.75, 3.05) is 33.2 Å². The van der Waals surface area contributed by atoms with Gasteiger partial charge in [0.05, 0.1) is 0 Å². The first-order valence-corrected chi connectivity index (χ1v) is 8.32. The van der Waals surface area contributed by atoms with Crippen LogP contribution in [0.15, 0.2) is 0 Å². The van der Waals surface area contributed by atoms with Crippen molar-refractivity contribution in [2.24, 2.45) is 5.92 Å². The highest BCUT2D eigenvalue weighted by Gasteiger charge is 2.28. The highest BCUT2D eigenvalue weighted by atomic mass is 16.2. The summed E-state index contributed by atoms with van der Waals surface area (Å²) in [5, 5.41) is 3.78. The molecule has 2 aliphatic rings. The average molecular weight is 281 g/mol. The Kier molecular flexibility index (Phi) is 5.85. The van der Waals surface area contributed by atoms with Crippen molar-refractivity contribution in [3.63, 3.8) is 0 Å². The Labute approximate surface area is 123 Å². The third kappa shape index (κ3) is 4.19. The summed E-state index contributed by atoms with van der Waals surface area (Å²) in [4.78, 5) is 16.0. The van der Waals surface area contributed by atoms with Gasteiger partial charge < -0.3 is 15.1 Å². The first-order chi connectivity index (χ1) is 9.60. The Bertz CT molecular complexity index is 319. The van der Waals surface area contributed by atoms with E-state index in [-0.39, 0.29) is 0 Å². The van der Waals surface area contributed by atoms with Gasteiger partial charge in [0.15, 0.2) is 0 Å². The van der Waals surface area contributed by atoms with E-state index >= 15 is 0 Å². The maximum Gasteiger partial charge on any atom is 0.222 e. The van der Waals surface area contributed by atoms with Crippen LogP contribution in [0.5, 0.6) is 0 Å². The number of rotatable bonds is 5. The lowest BCUT2D eigenvalue weighted by Gasteiger charge is -2.39. The van der Waals surface area contributed by atoms with Crippen LogP contribution in [-0.2, 0) is 4.79 Å². The van der Waals surface area contributed by atoms with E-state index in [1.165, 1.54) is 38.9 Å². The minimum atomic E-state index is 0.294. The summed E-state index contributed by atoms with van der Waals surface area (Å²) in [6.07, 6.45) is 5.63. The Balaban J connectivity index is 1.79. The van der Waals surface area contributed by atoms with Crippen LogP contribution in [0, 0.1) is 5.92 Å². The van der Waals surface area contributed by atoms with Crippen LogP contribution in [0.4, 0.5) is 0 Å². The molecule has 2 aliphatic heterocycles. The Morgan fingerprint density at radius 2 is 2.15 bits per heavy atom. The number of carbonyl (C=O) groups is 1. The molecule has 2 rings (SSSR count). The second-order valence-corrected chi connectivity index (χ2v) is 6.67. The molecule has 1 amide bonds. The molecule has 2 saturated heterocycles. The molecule has 0 aromatic heterocycles. The predicted molar refractivity (Wildman–Crippen MR) is 82.7 cm³/mol. The fraction of sp³-hybridized carbons (Fsp3) is 0.938. The van der Waals surface area contributed by atoms with Gasteiger partial charge in [-0.25, -0.2) is 0 Å². The summed E-state index contributed by atoms with van der Waals surface area (Å²) >= 11 is 0. The Morgan fingerprint density at radius 3 is 2.85 bits per heavy atom. The summed E-state index contributed by atoms with van der Waals surface area (Å²) in [7, 11) is 1.92. The van der Waals surface area contributed by atoms with Gasteiger partial charge in [0.25, 0.3) is 0 Å². The summed E-state index contributed by atoms with van der Waals surface area (Å²) in [5.41, 5.74) is 0. The lowest BCUT2D eigenvalue weighted by atomic mass is 9.90. The number of likely N-dealkylation sites (tertiary alicyclic amines) is 2. The molecule has 0 aliphatic carbocycles. The zero-order chi connectivity index (χ0) is 14.5. The van der Waals surface area contributed by atoms with Crippen LogP contribution in [-0.4, -0.2) is 61.0 Å². The topological polar surface area (TPSA) is 35.6 Å². The van der Waals surface area contributed by atoms with Gasteiger partial charge in [-0.2, -0.15) is 0 Å². The molecule has 3 atom stereocenters. The summed E-state index contributed by atoms with van der Waals surface area (Å²) in [5.74, 6) is 1.06. The molecule has 4 nitrogen and oxygen atoms in total. The zero-order valence-electron chi connectivity index (χ0n) is 13.4. The van der Waals surface area contributed by atoms with Crippen molar-refractivity contribution >= 4 is 5.91 Å². The largest absolute Gasteiger partial charge is 0.344 e. The zero-order valence-corrected chi connectivity index (χ0v) is 13.4. The Morgan fingerprint density at radius 1 is 1.35 bits per heavy atom. The van der Waals surface area contributed by atoms with Crippen LogP contribution < -0.4 is 5.32 Å². The quantitative estimate of drug-likeness (QED) is 0.833. The summed E-state index contributed by atoms with van der Waals surface area (Å²) in [6.45, 7) is 9.22. The first-order valence-electron chi connectivity index (χ1n) is 8.32. The van der Waals surface area contributed by atoms with Gasteiger partial charge in [-0.3, -0.25) is 4.79 Å². The number of carbonyl (C=O) groups excluding carboxylic acids is 1. The number of nitrogens with zero attached hydrogens (tertiary/aromatic N) is 2. The predicted octanol–water partition coefficient (Wildman–Crippen LogP) is 1.71. The van der Waals surface area contributed by atoms with E-state index < -0.39 is 0 Å².